The number of methoxy groups -OCH3 is 2. The van der Waals surface area contributed by atoms with Crippen molar-refractivity contribution >= 4 is 11.9 Å². The lowest BCUT2D eigenvalue weighted by atomic mass is 9.94. The summed E-state index contributed by atoms with van der Waals surface area (Å²) in [6, 6.07) is 13.0. The molecule has 246 valence electrons. The molecule has 0 radical (unpaired) electrons. The number of carbonyl (C=O) groups excluding carboxylic acids is 2. The summed E-state index contributed by atoms with van der Waals surface area (Å²) in [5, 5.41) is 0. The third kappa shape index (κ3) is 10.3. The number of carbonyl (C=O) groups is 2. The van der Waals surface area contributed by atoms with Crippen molar-refractivity contribution in [3.05, 3.63) is 106 Å². The van der Waals surface area contributed by atoms with Crippen molar-refractivity contribution < 1.29 is 29.2 Å². The number of hydrogen-bond donors (Lipinski definition) is 1. The van der Waals surface area contributed by atoms with Gasteiger partial charge in [-0.1, -0.05) is 20.7 Å². The highest BCUT2D eigenvalue weighted by atomic mass is 19.1. The summed E-state index contributed by atoms with van der Waals surface area (Å²) in [7, 11) is 2.72. The first-order valence-corrected chi connectivity index (χ1v) is 14.9. The maximum absolute atomic E-state index is 13.4. The fourth-order valence-corrected chi connectivity index (χ4v) is 5.17. The average molecular weight is 635 g/mol. The number of pyridine rings is 2. The molecule has 0 saturated carbocycles. The van der Waals surface area contributed by atoms with E-state index >= 15 is 0 Å². The summed E-state index contributed by atoms with van der Waals surface area (Å²) in [6.07, 6.45) is 3.79. The average Bonchev–Trinajstić information content (AvgIpc) is 3.01. The van der Waals surface area contributed by atoms with E-state index in [-0.39, 0.29) is 35.9 Å². The second-order valence-corrected chi connectivity index (χ2v) is 10.8. The largest absolute Gasteiger partial charge is 0.469 e. The zero-order valence-corrected chi connectivity index (χ0v) is 27.9. The minimum atomic E-state index is -0.463. The molecule has 0 aliphatic rings. The Bertz CT molecular complexity index is 1500. The Kier molecular flexibility index (Phi) is 14.0. The molecule has 46 heavy (non-hydrogen) atoms. The van der Waals surface area contributed by atoms with Gasteiger partial charge in [-0.15, -0.1) is 0 Å². The van der Waals surface area contributed by atoms with Crippen molar-refractivity contribution in [1.82, 2.24) is 9.97 Å². The first kappa shape index (κ1) is 36.0. The van der Waals surface area contributed by atoms with Crippen LogP contribution in [0.15, 0.2) is 60.9 Å². The molecule has 4 rings (SSSR count). The van der Waals surface area contributed by atoms with Crippen molar-refractivity contribution in [2.75, 3.05) is 14.2 Å². The molecule has 2 atom stereocenters. The Morgan fingerprint density at radius 1 is 0.761 bits per heavy atom. The Morgan fingerprint density at radius 3 is 1.54 bits per heavy atom. The lowest BCUT2D eigenvalue weighted by Crippen LogP contribution is -2.16. The van der Waals surface area contributed by atoms with Crippen LogP contribution >= 0.6 is 0 Å². The van der Waals surface area contributed by atoms with Gasteiger partial charge in [0.05, 0.1) is 38.4 Å². The lowest BCUT2D eigenvalue weighted by molar-refractivity contribution is -0.141. The van der Waals surface area contributed by atoms with E-state index in [2.05, 4.69) is 14.7 Å². The molecule has 0 bridgehead atoms. The summed E-state index contributed by atoms with van der Waals surface area (Å²) >= 11 is 0. The van der Waals surface area contributed by atoms with Crippen LogP contribution in [0.5, 0.6) is 0 Å². The molecule has 9 heteroatoms. The van der Waals surface area contributed by atoms with Gasteiger partial charge in [-0.25, -0.2) is 8.78 Å². The molecule has 2 heterocycles. The number of benzene rings is 2. The Balaban J connectivity index is 0.000000302. The Hall–Kier alpha value is -4.50. The molecule has 4 aromatic rings. The number of hydrogen-bond acceptors (Lipinski definition) is 7. The van der Waals surface area contributed by atoms with E-state index in [0.29, 0.717) is 19.0 Å². The van der Waals surface area contributed by atoms with Crippen LogP contribution in [0.4, 0.5) is 8.78 Å². The van der Waals surface area contributed by atoms with Crippen LogP contribution < -0.4 is 5.73 Å². The number of nitrogens with two attached hydrogens (primary N) is 1. The van der Waals surface area contributed by atoms with Gasteiger partial charge in [0.25, 0.3) is 0 Å². The number of esters is 2. The molecular weight excluding hydrogens is 588 g/mol. The van der Waals surface area contributed by atoms with Crippen LogP contribution in [-0.2, 0) is 19.1 Å². The monoisotopic (exact) mass is 634 g/mol. The molecule has 0 saturated heterocycles. The molecular formula is C37H45F2N3O4. The maximum Gasteiger partial charge on any atom is 0.307 e. The minimum absolute atomic E-state index is 0.0373. The van der Waals surface area contributed by atoms with Gasteiger partial charge in [-0.05, 0) is 116 Å². The van der Waals surface area contributed by atoms with E-state index in [0.717, 1.165) is 50.2 Å². The highest BCUT2D eigenvalue weighted by Crippen LogP contribution is 2.30. The van der Waals surface area contributed by atoms with Gasteiger partial charge in [-0.3, -0.25) is 19.6 Å². The SMILES string of the molecule is COC(=O)C[C@H](C)c1ccnc(-c2c(C)cc(F)cc2C)c1.COC(=O)C[C@H](N)c1ccnc(-c2c(C)cc(F)cc2C)c1.[2H]CC. The molecule has 2 aromatic heterocycles. The van der Waals surface area contributed by atoms with Crippen LogP contribution in [0, 0.1) is 39.3 Å². The molecule has 0 fully saturated rings. The second kappa shape index (κ2) is 17.8. The minimum Gasteiger partial charge on any atom is -0.469 e. The molecule has 0 amide bonds. The quantitative estimate of drug-likeness (QED) is 0.195. The summed E-state index contributed by atoms with van der Waals surface area (Å²) in [5.41, 5.74) is 14.5. The fraction of sp³-hybridized carbons (Fsp3) is 0.351. The van der Waals surface area contributed by atoms with E-state index in [1.165, 1.54) is 38.5 Å². The maximum atomic E-state index is 13.4. The standard InChI is InChI=1S/C18H20FNO2.C17H19FN2O2.C2H6/c1-11(9-17(21)22-4)14-5-6-20-16(10-14)18-12(2)7-15(19)8-13(18)3;1-10-6-13(18)7-11(2)17(10)15-8-12(4-5-20-15)14(19)9-16(21)22-3;1-2/h5-8,10-11H,9H2,1-4H3;4-8,14H,9,19H2,1-3H3;1-2H3/t11-;14-;/m00./s1/i;;1D. The van der Waals surface area contributed by atoms with Gasteiger partial charge in [0.1, 0.15) is 11.6 Å². The van der Waals surface area contributed by atoms with Crippen LogP contribution in [0.25, 0.3) is 22.5 Å². The molecule has 0 spiro atoms. The Labute approximate surface area is 272 Å². The first-order valence-electron chi connectivity index (χ1n) is 15.6. The topological polar surface area (TPSA) is 104 Å². The molecule has 0 unspecified atom stereocenters. The van der Waals surface area contributed by atoms with E-state index in [1.54, 1.807) is 25.4 Å². The van der Waals surface area contributed by atoms with Crippen molar-refractivity contribution in [2.45, 2.75) is 73.2 Å². The van der Waals surface area contributed by atoms with Crippen molar-refractivity contribution in [2.24, 2.45) is 5.73 Å². The molecule has 0 aliphatic heterocycles. The van der Waals surface area contributed by atoms with Crippen molar-refractivity contribution in [3.8, 4) is 22.5 Å². The first-order chi connectivity index (χ1) is 22.3. The number of aryl methyl sites for hydroxylation is 4. The van der Waals surface area contributed by atoms with Gasteiger partial charge >= 0.3 is 11.9 Å². The van der Waals surface area contributed by atoms with Gasteiger partial charge in [0.15, 0.2) is 0 Å². The fourth-order valence-electron chi connectivity index (χ4n) is 5.17. The van der Waals surface area contributed by atoms with Crippen LogP contribution in [0.1, 0.15) is 80.3 Å². The predicted octanol–water partition coefficient (Wildman–Crippen LogP) is 8.26. The van der Waals surface area contributed by atoms with E-state index in [1.807, 2.05) is 52.8 Å². The number of nitrogens with zero attached hydrogens (tertiary/aromatic N) is 2. The van der Waals surface area contributed by atoms with Crippen LogP contribution in [-0.4, -0.2) is 36.1 Å². The van der Waals surface area contributed by atoms with Gasteiger partial charge < -0.3 is 15.2 Å². The van der Waals surface area contributed by atoms with Gasteiger partial charge in [0.2, 0.25) is 0 Å². The van der Waals surface area contributed by atoms with E-state index in [9.17, 15) is 18.4 Å². The van der Waals surface area contributed by atoms with Crippen molar-refractivity contribution in [3.63, 3.8) is 0 Å². The number of halogens is 2. The lowest BCUT2D eigenvalue weighted by Gasteiger charge is -2.14. The van der Waals surface area contributed by atoms with E-state index < -0.39 is 6.04 Å². The summed E-state index contributed by atoms with van der Waals surface area (Å²) in [5.74, 6) is -1.07. The van der Waals surface area contributed by atoms with Gasteiger partial charge in [-0.2, -0.15) is 0 Å². The highest BCUT2D eigenvalue weighted by molar-refractivity contribution is 5.72. The molecule has 2 aromatic carbocycles. The van der Waals surface area contributed by atoms with Crippen LogP contribution in [0.2, 0.25) is 0 Å². The zero-order chi connectivity index (χ0) is 35.3. The number of rotatable bonds is 8. The summed E-state index contributed by atoms with van der Waals surface area (Å²) in [4.78, 5) is 31.5. The normalized spacial score (nSPS) is 11.9. The summed E-state index contributed by atoms with van der Waals surface area (Å²) < 4.78 is 42.4. The smallest absolute Gasteiger partial charge is 0.307 e. The Morgan fingerprint density at radius 2 is 1.13 bits per heavy atom. The highest BCUT2D eigenvalue weighted by Gasteiger charge is 2.16. The van der Waals surface area contributed by atoms with E-state index in [4.69, 9.17) is 11.8 Å². The summed E-state index contributed by atoms with van der Waals surface area (Å²) in [6.45, 7) is 11.7. The third-order valence-electron chi connectivity index (χ3n) is 7.39. The second-order valence-electron chi connectivity index (χ2n) is 10.8. The number of ether oxygens (including phenoxy) is 2. The van der Waals surface area contributed by atoms with Crippen LogP contribution in [0.3, 0.4) is 0 Å². The zero-order valence-electron chi connectivity index (χ0n) is 28.9. The third-order valence-corrected chi connectivity index (χ3v) is 7.39. The molecule has 2 N–H and O–H groups in total. The molecule has 0 aliphatic carbocycles. The van der Waals surface area contributed by atoms with Crippen molar-refractivity contribution in [1.29, 1.82) is 0 Å². The molecule has 7 nitrogen and oxygen atoms in total. The van der Waals surface area contributed by atoms with Gasteiger partial charge in [0, 0.05) is 30.9 Å². The predicted molar refractivity (Wildman–Crippen MR) is 178 cm³/mol. The number of aromatic nitrogens is 2.